The SMILES string of the molecule is NC(=S)c1cc(NCC2CCCC2)nc2ccccc12. The Kier molecular flexibility index (Phi) is 3.83. The highest BCUT2D eigenvalue weighted by Crippen LogP contribution is 2.26. The molecule has 1 saturated carbocycles. The Labute approximate surface area is 124 Å². The average Bonchev–Trinajstić information content (AvgIpc) is 2.97. The highest BCUT2D eigenvalue weighted by atomic mass is 32.1. The van der Waals surface area contributed by atoms with Crippen molar-refractivity contribution >= 4 is 33.9 Å². The molecule has 1 fully saturated rings. The number of fused-ring (bicyclic) bond motifs is 1. The van der Waals surface area contributed by atoms with Gasteiger partial charge in [0, 0.05) is 17.5 Å². The summed E-state index contributed by atoms with van der Waals surface area (Å²) in [6.07, 6.45) is 5.36. The van der Waals surface area contributed by atoms with Gasteiger partial charge in [-0.1, -0.05) is 43.3 Å². The normalized spacial score (nSPS) is 15.6. The molecular formula is C16H19N3S. The zero-order valence-electron chi connectivity index (χ0n) is 11.4. The number of nitrogens with one attached hydrogen (secondary N) is 1. The summed E-state index contributed by atoms with van der Waals surface area (Å²) in [4.78, 5) is 5.08. The summed E-state index contributed by atoms with van der Waals surface area (Å²) in [7, 11) is 0. The zero-order valence-corrected chi connectivity index (χ0v) is 12.2. The molecule has 0 spiro atoms. The second-order valence-electron chi connectivity index (χ2n) is 5.47. The minimum absolute atomic E-state index is 0.424. The van der Waals surface area contributed by atoms with E-state index in [1.54, 1.807) is 0 Å². The van der Waals surface area contributed by atoms with Crippen molar-refractivity contribution < 1.29 is 0 Å². The number of aromatic nitrogens is 1. The van der Waals surface area contributed by atoms with E-state index < -0.39 is 0 Å². The molecule has 3 nitrogen and oxygen atoms in total. The van der Waals surface area contributed by atoms with E-state index in [9.17, 15) is 0 Å². The van der Waals surface area contributed by atoms with Gasteiger partial charge < -0.3 is 11.1 Å². The maximum Gasteiger partial charge on any atom is 0.127 e. The molecule has 1 aromatic heterocycles. The van der Waals surface area contributed by atoms with E-state index in [0.29, 0.717) is 4.99 Å². The minimum atomic E-state index is 0.424. The molecule has 0 unspecified atom stereocenters. The van der Waals surface area contributed by atoms with Crippen LogP contribution in [-0.2, 0) is 0 Å². The van der Waals surface area contributed by atoms with Gasteiger partial charge in [-0.3, -0.25) is 0 Å². The van der Waals surface area contributed by atoms with E-state index in [2.05, 4.69) is 10.3 Å². The number of hydrogen-bond donors (Lipinski definition) is 2. The first kappa shape index (κ1) is 13.3. The minimum Gasteiger partial charge on any atom is -0.389 e. The van der Waals surface area contributed by atoms with E-state index in [0.717, 1.165) is 34.7 Å². The summed E-state index contributed by atoms with van der Waals surface area (Å²) in [5.41, 5.74) is 7.68. The summed E-state index contributed by atoms with van der Waals surface area (Å²) in [6, 6.07) is 9.95. The molecule has 3 rings (SSSR count). The van der Waals surface area contributed by atoms with Crippen LogP contribution in [0.3, 0.4) is 0 Å². The van der Waals surface area contributed by atoms with Gasteiger partial charge in [0.1, 0.15) is 10.8 Å². The Bertz CT molecular complexity index is 633. The monoisotopic (exact) mass is 285 g/mol. The highest BCUT2D eigenvalue weighted by molar-refractivity contribution is 7.80. The molecule has 2 aromatic rings. The summed E-state index contributed by atoms with van der Waals surface area (Å²) in [5.74, 6) is 1.65. The lowest BCUT2D eigenvalue weighted by Crippen LogP contribution is -2.14. The van der Waals surface area contributed by atoms with E-state index in [1.165, 1.54) is 25.7 Å². The maximum atomic E-state index is 5.84. The number of pyridine rings is 1. The number of para-hydroxylation sites is 1. The second-order valence-corrected chi connectivity index (χ2v) is 5.91. The number of benzene rings is 1. The lowest BCUT2D eigenvalue weighted by molar-refractivity contribution is 0.579. The van der Waals surface area contributed by atoms with Crippen molar-refractivity contribution in [2.45, 2.75) is 25.7 Å². The Morgan fingerprint density at radius 2 is 2.05 bits per heavy atom. The first-order valence-corrected chi connectivity index (χ1v) is 7.58. The molecule has 1 aliphatic rings. The average molecular weight is 285 g/mol. The quantitative estimate of drug-likeness (QED) is 0.845. The lowest BCUT2D eigenvalue weighted by atomic mass is 10.1. The van der Waals surface area contributed by atoms with Crippen LogP contribution in [0.2, 0.25) is 0 Å². The van der Waals surface area contributed by atoms with Gasteiger partial charge in [0.15, 0.2) is 0 Å². The topological polar surface area (TPSA) is 50.9 Å². The van der Waals surface area contributed by atoms with E-state index >= 15 is 0 Å². The van der Waals surface area contributed by atoms with Crippen molar-refractivity contribution in [1.29, 1.82) is 0 Å². The van der Waals surface area contributed by atoms with Gasteiger partial charge in [-0.05, 0) is 30.9 Å². The number of hydrogen-bond acceptors (Lipinski definition) is 3. The summed E-state index contributed by atoms with van der Waals surface area (Å²) in [5, 5.41) is 4.47. The predicted octanol–water partition coefficient (Wildman–Crippen LogP) is 3.47. The van der Waals surface area contributed by atoms with Crippen LogP contribution in [0.15, 0.2) is 30.3 Å². The zero-order chi connectivity index (χ0) is 13.9. The van der Waals surface area contributed by atoms with Gasteiger partial charge in [0.25, 0.3) is 0 Å². The van der Waals surface area contributed by atoms with E-state index in [-0.39, 0.29) is 0 Å². The van der Waals surface area contributed by atoms with Crippen LogP contribution in [-0.4, -0.2) is 16.5 Å². The molecule has 0 radical (unpaired) electrons. The molecule has 1 heterocycles. The standard InChI is InChI=1S/C16H19N3S/c17-16(20)13-9-15(18-10-11-5-1-2-6-11)19-14-8-4-3-7-12(13)14/h3-4,7-9,11H,1-2,5-6,10H2,(H2,17,20)(H,18,19). The number of rotatable bonds is 4. The molecule has 0 aliphatic heterocycles. The number of anilines is 1. The molecule has 4 heteroatoms. The Morgan fingerprint density at radius 3 is 2.80 bits per heavy atom. The Balaban J connectivity index is 1.88. The van der Waals surface area contributed by atoms with Crippen molar-refractivity contribution in [2.75, 3.05) is 11.9 Å². The molecular weight excluding hydrogens is 266 g/mol. The molecule has 3 N–H and O–H groups in total. The first-order chi connectivity index (χ1) is 9.74. The van der Waals surface area contributed by atoms with Crippen molar-refractivity contribution in [3.8, 4) is 0 Å². The molecule has 20 heavy (non-hydrogen) atoms. The second kappa shape index (κ2) is 5.75. The smallest absolute Gasteiger partial charge is 0.127 e. The van der Waals surface area contributed by atoms with Crippen LogP contribution in [0.25, 0.3) is 10.9 Å². The molecule has 0 atom stereocenters. The molecule has 1 aromatic carbocycles. The fourth-order valence-corrected chi connectivity index (χ4v) is 3.10. The van der Waals surface area contributed by atoms with Crippen LogP contribution < -0.4 is 11.1 Å². The number of thiocarbonyl (C=S) groups is 1. The van der Waals surface area contributed by atoms with Crippen molar-refractivity contribution in [3.63, 3.8) is 0 Å². The summed E-state index contributed by atoms with van der Waals surface area (Å²) < 4.78 is 0. The van der Waals surface area contributed by atoms with Gasteiger partial charge in [0.2, 0.25) is 0 Å². The van der Waals surface area contributed by atoms with Crippen molar-refractivity contribution in [2.24, 2.45) is 11.7 Å². The molecule has 1 aliphatic carbocycles. The van der Waals surface area contributed by atoms with Crippen LogP contribution in [0.1, 0.15) is 31.2 Å². The predicted molar refractivity (Wildman–Crippen MR) is 88.1 cm³/mol. The van der Waals surface area contributed by atoms with Gasteiger partial charge in [-0.2, -0.15) is 0 Å². The largest absolute Gasteiger partial charge is 0.389 e. The van der Waals surface area contributed by atoms with Crippen LogP contribution in [0.5, 0.6) is 0 Å². The molecule has 0 bridgehead atoms. The fourth-order valence-electron chi connectivity index (χ4n) is 2.93. The molecule has 104 valence electrons. The van der Waals surface area contributed by atoms with Crippen molar-refractivity contribution in [1.82, 2.24) is 4.98 Å². The Hall–Kier alpha value is -1.68. The maximum absolute atomic E-state index is 5.84. The van der Waals surface area contributed by atoms with E-state index in [4.69, 9.17) is 18.0 Å². The molecule has 0 amide bonds. The third-order valence-corrected chi connectivity index (χ3v) is 4.25. The van der Waals surface area contributed by atoms with E-state index in [1.807, 2.05) is 30.3 Å². The van der Waals surface area contributed by atoms with Crippen LogP contribution >= 0.6 is 12.2 Å². The van der Waals surface area contributed by atoms with Crippen molar-refractivity contribution in [3.05, 3.63) is 35.9 Å². The molecule has 0 saturated heterocycles. The van der Waals surface area contributed by atoms with Crippen LogP contribution in [0.4, 0.5) is 5.82 Å². The Morgan fingerprint density at radius 1 is 1.30 bits per heavy atom. The number of nitrogens with two attached hydrogens (primary N) is 1. The van der Waals surface area contributed by atoms with Gasteiger partial charge in [0.05, 0.1) is 5.52 Å². The van der Waals surface area contributed by atoms with Gasteiger partial charge in [-0.25, -0.2) is 4.98 Å². The van der Waals surface area contributed by atoms with Gasteiger partial charge >= 0.3 is 0 Å². The van der Waals surface area contributed by atoms with Gasteiger partial charge in [-0.15, -0.1) is 0 Å². The highest BCUT2D eigenvalue weighted by Gasteiger charge is 2.15. The summed E-state index contributed by atoms with van der Waals surface area (Å²) in [6.45, 7) is 0.988. The summed E-state index contributed by atoms with van der Waals surface area (Å²) >= 11 is 5.16. The number of nitrogens with zero attached hydrogens (tertiary/aromatic N) is 1. The first-order valence-electron chi connectivity index (χ1n) is 7.17. The lowest BCUT2D eigenvalue weighted by Gasteiger charge is -2.13. The fraction of sp³-hybridized carbons (Fsp3) is 0.375. The third-order valence-electron chi connectivity index (χ3n) is 4.03. The van der Waals surface area contributed by atoms with Crippen LogP contribution in [0, 0.1) is 5.92 Å². The third kappa shape index (κ3) is 2.75.